The van der Waals surface area contributed by atoms with Gasteiger partial charge in [0.1, 0.15) is 11.6 Å². The van der Waals surface area contributed by atoms with E-state index in [1.165, 1.54) is 22.8 Å². The Hall–Kier alpha value is -1.95. The Morgan fingerprint density at radius 1 is 1.04 bits per heavy atom. The van der Waals surface area contributed by atoms with Crippen molar-refractivity contribution in [2.75, 3.05) is 18.0 Å². The number of fused-ring (bicyclic) bond motifs is 2. The van der Waals surface area contributed by atoms with Crippen molar-refractivity contribution in [3.8, 4) is 0 Å². The van der Waals surface area contributed by atoms with E-state index in [0.29, 0.717) is 5.92 Å². The highest BCUT2D eigenvalue weighted by Gasteiger charge is 2.28. The minimum absolute atomic E-state index is 0.556. The van der Waals surface area contributed by atoms with Crippen LogP contribution in [0.25, 0.3) is 10.2 Å². The Labute approximate surface area is 139 Å². The molecule has 1 aromatic carbocycles. The summed E-state index contributed by atoms with van der Waals surface area (Å²) in [4.78, 5) is 7.23. The van der Waals surface area contributed by atoms with E-state index in [9.17, 15) is 0 Å². The molecule has 2 aliphatic rings. The van der Waals surface area contributed by atoms with Crippen molar-refractivity contribution in [2.24, 2.45) is 0 Å². The highest BCUT2D eigenvalue weighted by molar-refractivity contribution is 7.22. The highest BCUT2D eigenvalue weighted by Crippen LogP contribution is 2.34. The first-order chi connectivity index (χ1) is 11.4. The van der Waals surface area contributed by atoms with Crippen molar-refractivity contribution in [3.05, 3.63) is 35.9 Å². The summed E-state index contributed by atoms with van der Waals surface area (Å²) in [7, 11) is 0. The molecule has 5 rings (SSSR count). The third-order valence-electron chi connectivity index (χ3n) is 5.05. The standard InChI is InChI=1S/C17H19N5S/c1-2-5-14-13(4-1)18-17(23-14)21-10-7-12(8-11-21)16-20-19-15-6-3-9-22(15)16/h1-2,4-5,12H,3,6-11H2. The topological polar surface area (TPSA) is 46.8 Å². The second-order valence-corrected chi connectivity index (χ2v) is 7.46. The largest absolute Gasteiger partial charge is 0.348 e. The third kappa shape index (κ3) is 2.24. The summed E-state index contributed by atoms with van der Waals surface area (Å²) >= 11 is 1.80. The fourth-order valence-electron chi connectivity index (χ4n) is 3.80. The van der Waals surface area contributed by atoms with Crippen molar-refractivity contribution >= 4 is 26.7 Å². The van der Waals surface area contributed by atoms with Crippen LogP contribution in [0.1, 0.15) is 36.8 Å². The second kappa shape index (κ2) is 5.30. The lowest BCUT2D eigenvalue weighted by Gasteiger charge is -2.31. The zero-order valence-electron chi connectivity index (χ0n) is 13.0. The van der Waals surface area contributed by atoms with Gasteiger partial charge in [0.15, 0.2) is 5.13 Å². The molecule has 118 valence electrons. The van der Waals surface area contributed by atoms with Crippen LogP contribution >= 0.6 is 11.3 Å². The molecule has 23 heavy (non-hydrogen) atoms. The normalized spacial score (nSPS) is 18.7. The third-order valence-corrected chi connectivity index (χ3v) is 6.15. The number of anilines is 1. The van der Waals surface area contributed by atoms with Crippen LogP contribution in [0.2, 0.25) is 0 Å². The fraction of sp³-hybridized carbons (Fsp3) is 0.471. The van der Waals surface area contributed by atoms with E-state index < -0.39 is 0 Å². The van der Waals surface area contributed by atoms with Crippen molar-refractivity contribution in [1.29, 1.82) is 0 Å². The minimum Gasteiger partial charge on any atom is -0.348 e. The quantitative estimate of drug-likeness (QED) is 0.726. The van der Waals surface area contributed by atoms with E-state index in [-0.39, 0.29) is 0 Å². The molecule has 0 unspecified atom stereocenters. The van der Waals surface area contributed by atoms with Crippen LogP contribution in [-0.2, 0) is 13.0 Å². The van der Waals surface area contributed by atoms with E-state index in [1.807, 2.05) is 0 Å². The molecule has 0 aliphatic carbocycles. The van der Waals surface area contributed by atoms with Crippen LogP contribution in [0, 0.1) is 0 Å². The van der Waals surface area contributed by atoms with Crippen LogP contribution in [-0.4, -0.2) is 32.8 Å². The monoisotopic (exact) mass is 325 g/mol. The van der Waals surface area contributed by atoms with Crippen molar-refractivity contribution in [3.63, 3.8) is 0 Å². The molecule has 1 saturated heterocycles. The van der Waals surface area contributed by atoms with Gasteiger partial charge >= 0.3 is 0 Å². The molecule has 0 N–H and O–H groups in total. The molecule has 2 aliphatic heterocycles. The Bertz CT molecular complexity index is 811. The lowest BCUT2D eigenvalue weighted by molar-refractivity contribution is 0.467. The van der Waals surface area contributed by atoms with Crippen LogP contribution in [0.5, 0.6) is 0 Å². The van der Waals surface area contributed by atoms with E-state index in [4.69, 9.17) is 4.98 Å². The number of benzene rings is 1. The zero-order valence-corrected chi connectivity index (χ0v) is 13.8. The maximum atomic E-state index is 4.79. The number of para-hydroxylation sites is 1. The number of hydrogen-bond acceptors (Lipinski definition) is 5. The van der Waals surface area contributed by atoms with Gasteiger partial charge in [-0.15, -0.1) is 10.2 Å². The predicted molar refractivity (Wildman–Crippen MR) is 92.2 cm³/mol. The Morgan fingerprint density at radius 3 is 2.78 bits per heavy atom. The summed E-state index contributed by atoms with van der Waals surface area (Å²) in [5.74, 6) is 2.97. The molecule has 0 saturated carbocycles. The summed E-state index contributed by atoms with van der Waals surface area (Å²) in [6.07, 6.45) is 4.61. The first-order valence-corrected chi connectivity index (χ1v) is 9.22. The smallest absolute Gasteiger partial charge is 0.186 e. The molecule has 1 fully saturated rings. The van der Waals surface area contributed by atoms with Crippen LogP contribution in [0.15, 0.2) is 24.3 Å². The predicted octanol–water partition coefficient (Wildman–Crippen LogP) is 3.22. The maximum Gasteiger partial charge on any atom is 0.186 e. The number of aryl methyl sites for hydroxylation is 1. The molecule has 0 atom stereocenters. The molecule has 4 heterocycles. The molecule has 0 amide bonds. The SMILES string of the molecule is c1ccc2sc(N3CCC(c4nnc5n4CCC5)CC3)nc2c1. The van der Waals surface area contributed by atoms with Gasteiger partial charge in [0, 0.05) is 32.0 Å². The van der Waals surface area contributed by atoms with Gasteiger partial charge < -0.3 is 9.47 Å². The van der Waals surface area contributed by atoms with E-state index in [2.05, 4.69) is 43.9 Å². The lowest BCUT2D eigenvalue weighted by Crippen LogP contribution is -2.33. The van der Waals surface area contributed by atoms with Gasteiger partial charge in [-0.25, -0.2) is 4.98 Å². The van der Waals surface area contributed by atoms with Crippen LogP contribution in [0.3, 0.4) is 0 Å². The maximum absolute atomic E-state index is 4.79. The summed E-state index contributed by atoms with van der Waals surface area (Å²) in [6, 6.07) is 8.40. The average Bonchev–Trinajstić information content (AvgIpc) is 3.29. The van der Waals surface area contributed by atoms with Gasteiger partial charge in [-0.2, -0.15) is 0 Å². The fourth-order valence-corrected chi connectivity index (χ4v) is 4.82. The molecule has 5 nitrogen and oxygen atoms in total. The molecular weight excluding hydrogens is 306 g/mol. The minimum atomic E-state index is 0.556. The number of hydrogen-bond donors (Lipinski definition) is 0. The van der Waals surface area contributed by atoms with E-state index in [1.54, 1.807) is 11.3 Å². The van der Waals surface area contributed by atoms with Crippen molar-refractivity contribution < 1.29 is 0 Å². The zero-order chi connectivity index (χ0) is 15.2. The summed E-state index contributed by atoms with van der Waals surface area (Å²) in [5, 5.41) is 10.0. The van der Waals surface area contributed by atoms with Gasteiger partial charge in [0.05, 0.1) is 10.2 Å². The Kier molecular flexibility index (Phi) is 3.11. The Morgan fingerprint density at radius 2 is 1.91 bits per heavy atom. The number of nitrogens with zero attached hydrogens (tertiary/aromatic N) is 5. The van der Waals surface area contributed by atoms with Gasteiger partial charge in [-0.1, -0.05) is 23.5 Å². The highest BCUT2D eigenvalue weighted by atomic mass is 32.1. The molecule has 0 bridgehead atoms. The number of aromatic nitrogens is 4. The van der Waals surface area contributed by atoms with E-state index in [0.717, 1.165) is 49.5 Å². The second-order valence-electron chi connectivity index (χ2n) is 6.46. The van der Waals surface area contributed by atoms with Crippen LogP contribution < -0.4 is 4.90 Å². The van der Waals surface area contributed by atoms with Gasteiger partial charge in [0.2, 0.25) is 0 Å². The summed E-state index contributed by atoms with van der Waals surface area (Å²) < 4.78 is 3.64. The molecule has 6 heteroatoms. The van der Waals surface area contributed by atoms with E-state index >= 15 is 0 Å². The first kappa shape index (κ1) is 13.5. The van der Waals surface area contributed by atoms with Gasteiger partial charge in [-0.05, 0) is 31.4 Å². The number of thiazole rings is 1. The van der Waals surface area contributed by atoms with Gasteiger partial charge in [-0.3, -0.25) is 0 Å². The number of piperidine rings is 1. The first-order valence-electron chi connectivity index (χ1n) is 8.41. The van der Waals surface area contributed by atoms with Crippen LogP contribution in [0.4, 0.5) is 5.13 Å². The van der Waals surface area contributed by atoms with Crippen molar-refractivity contribution in [2.45, 2.75) is 38.1 Å². The molecule has 3 aromatic rings. The number of rotatable bonds is 2. The van der Waals surface area contributed by atoms with Gasteiger partial charge in [0.25, 0.3) is 0 Å². The summed E-state index contributed by atoms with van der Waals surface area (Å²) in [5.41, 5.74) is 1.12. The molecule has 0 spiro atoms. The lowest BCUT2D eigenvalue weighted by atomic mass is 9.96. The average molecular weight is 325 g/mol. The Balaban J connectivity index is 1.34. The van der Waals surface area contributed by atoms with Crippen molar-refractivity contribution in [1.82, 2.24) is 19.7 Å². The molecule has 2 aromatic heterocycles. The molecule has 0 radical (unpaired) electrons. The summed E-state index contributed by atoms with van der Waals surface area (Å²) in [6.45, 7) is 3.23. The molecular formula is C17H19N5S.